The van der Waals surface area contributed by atoms with E-state index in [2.05, 4.69) is 15.9 Å². The van der Waals surface area contributed by atoms with Crippen molar-refractivity contribution in [1.29, 1.82) is 0 Å². The maximum atomic E-state index is 11.9. The van der Waals surface area contributed by atoms with Crippen LogP contribution in [0.15, 0.2) is 15.8 Å². The molecule has 0 radical (unpaired) electrons. The minimum absolute atomic E-state index is 0.106. The van der Waals surface area contributed by atoms with E-state index in [4.69, 9.17) is 0 Å². The lowest BCUT2D eigenvalue weighted by Gasteiger charge is -2.13. The lowest BCUT2D eigenvalue weighted by molar-refractivity contribution is -0.387. The van der Waals surface area contributed by atoms with Crippen LogP contribution in [-0.4, -0.2) is 19.4 Å². The van der Waals surface area contributed by atoms with Crippen molar-refractivity contribution in [2.24, 2.45) is 12.5 Å². The van der Waals surface area contributed by atoms with Crippen LogP contribution in [0.1, 0.15) is 12.8 Å². The van der Waals surface area contributed by atoms with Crippen LogP contribution in [0.5, 0.6) is 0 Å². The number of nitro groups is 1. The van der Waals surface area contributed by atoms with Crippen molar-refractivity contribution in [2.45, 2.75) is 19.4 Å². The van der Waals surface area contributed by atoms with Gasteiger partial charge in [-0.2, -0.15) is 0 Å². The minimum Gasteiger partial charge on any atom is -0.297 e. The molecule has 0 atom stereocenters. The van der Waals surface area contributed by atoms with Crippen molar-refractivity contribution >= 4 is 21.6 Å². The Hall–Kier alpha value is -1.44. The molecule has 1 aromatic rings. The second-order valence-electron chi connectivity index (χ2n) is 4.69. The van der Waals surface area contributed by atoms with Gasteiger partial charge in [0.25, 0.3) is 0 Å². The Morgan fingerprint density at radius 3 is 2.56 bits per heavy atom. The van der Waals surface area contributed by atoms with Gasteiger partial charge in [0.15, 0.2) is 0 Å². The molecule has 0 amide bonds. The molecule has 1 heterocycles. The van der Waals surface area contributed by atoms with Gasteiger partial charge in [-0.25, -0.2) is 4.79 Å². The van der Waals surface area contributed by atoms with E-state index in [9.17, 15) is 19.7 Å². The molecule has 0 aromatic carbocycles. The first kappa shape index (κ1) is 13.0. The number of halogens is 1. The Balaban J connectivity index is 2.55. The van der Waals surface area contributed by atoms with Gasteiger partial charge in [-0.3, -0.25) is 24.0 Å². The summed E-state index contributed by atoms with van der Waals surface area (Å²) >= 11 is 3.35. The summed E-state index contributed by atoms with van der Waals surface area (Å²) < 4.78 is 2.04. The highest BCUT2D eigenvalue weighted by Gasteiger charge is 2.43. The Morgan fingerprint density at radius 1 is 1.50 bits per heavy atom. The fraction of sp³-hybridized carbons (Fsp3) is 0.600. The van der Waals surface area contributed by atoms with Gasteiger partial charge in [0.1, 0.15) is 0 Å². The lowest BCUT2D eigenvalue weighted by atomic mass is 10.1. The number of hydrogen-bond donors (Lipinski definition) is 0. The monoisotopic (exact) mass is 317 g/mol. The summed E-state index contributed by atoms with van der Waals surface area (Å²) in [5, 5.41) is 11.4. The van der Waals surface area contributed by atoms with Crippen LogP contribution in [0.25, 0.3) is 0 Å². The van der Waals surface area contributed by atoms with Gasteiger partial charge in [0.2, 0.25) is 0 Å². The second-order valence-corrected chi connectivity index (χ2v) is 5.25. The first-order chi connectivity index (χ1) is 8.40. The van der Waals surface area contributed by atoms with E-state index in [1.54, 1.807) is 0 Å². The zero-order valence-electron chi connectivity index (χ0n) is 9.76. The zero-order valence-corrected chi connectivity index (χ0v) is 11.3. The molecule has 1 fully saturated rings. The molecule has 0 spiro atoms. The molecule has 0 aliphatic heterocycles. The Labute approximate surface area is 110 Å². The van der Waals surface area contributed by atoms with Crippen molar-refractivity contribution in [3.05, 3.63) is 37.1 Å². The first-order valence-corrected chi connectivity index (χ1v) is 6.53. The minimum atomic E-state index is -0.824. The summed E-state index contributed by atoms with van der Waals surface area (Å²) in [6.45, 7) is 0.228. The molecular formula is C10H12BrN3O4. The first-order valence-electron chi connectivity index (χ1n) is 5.41. The van der Waals surface area contributed by atoms with Crippen molar-refractivity contribution < 1.29 is 4.92 Å². The van der Waals surface area contributed by atoms with E-state index >= 15 is 0 Å². The molecule has 0 unspecified atom stereocenters. The molecule has 0 bridgehead atoms. The van der Waals surface area contributed by atoms with Crippen molar-refractivity contribution in [3.8, 4) is 0 Å². The van der Waals surface area contributed by atoms with Gasteiger partial charge in [0.05, 0.1) is 11.1 Å². The fourth-order valence-corrected chi connectivity index (χ4v) is 2.56. The van der Waals surface area contributed by atoms with Crippen molar-refractivity contribution in [2.75, 3.05) is 5.33 Å². The average molecular weight is 318 g/mol. The van der Waals surface area contributed by atoms with Crippen LogP contribution >= 0.6 is 15.9 Å². The average Bonchev–Trinajstić information content (AvgIpc) is 3.09. The molecule has 0 N–H and O–H groups in total. The summed E-state index contributed by atoms with van der Waals surface area (Å²) in [5.74, 6) is 0. The molecule has 1 aliphatic carbocycles. The molecule has 0 saturated heterocycles. The Kier molecular flexibility index (Phi) is 3.14. The molecule has 1 saturated carbocycles. The molecule has 8 heteroatoms. The van der Waals surface area contributed by atoms with Crippen LogP contribution in [0.2, 0.25) is 0 Å². The Morgan fingerprint density at radius 2 is 2.11 bits per heavy atom. The van der Waals surface area contributed by atoms with E-state index in [0.29, 0.717) is 5.33 Å². The topological polar surface area (TPSA) is 87.1 Å². The van der Waals surface area contributed by atoms with E-state index < -0.39 is 21.9 Å². The summed E-state index contributed by atoms with van der Waals surface area (Å²) in [4.78, 5) is 33.8. The number of aromatic nitrogens is 2. The third-order valence-corrected chi connectivity index (χ3v) is 4.43. The maximum absolute atomic E-state index is 11.9. The largest absolute Gasteiger partial charge is 0.350 e. The molecular weight excluding hydrogens is 306 g/mol. The van der Waals surface area contributed by atoms with E-state index in [1.807, 2.05) is 0 Å². The maximum Gasteiger partial charge on any atom is 0.350 e. The van der Waals surface area contributed by atoms with Gasteiger partial charge in [-0.15, -0.1) is 0 Å². The summed E-state index contributed by atoms with van der Waals surface area (Å²) in [7, 11) is 1.40. The predicted octanol–water partition coefficient (Wildman–Crippen LogP) is 0.630. The third kappa shape index (κ3) is 2.12. The van der Waals surface area contributed by atoms with Gasteiger partial charge in [-0.05, 0) is 18.3 Å². The normalized spacial score (nSPS) is 16.6. The summed E-state index contributed by atoms with van der Waals surface area (Å²) in [6.07, 6.45) is 2.79. The van der Waals surface area contributed by atoms with Gasteiger partial charge in [-0.1, -0.05) is 15.9 Å². The number of aryl methyl sites for hydroxylation is 1. The number of nitrogens with zero attached hydrogens (tertiary/aromatic N) is 3. The highest BCUT2D eigenvalue weighted by atomic mass is 79.9. The van der Waals surface area contributed by atoms with Crippen LogP contribution in [0.4, 0.5) is 5.69 Å². The molecule has 18 heavy (non-hydrogen) atoms. The van der Waals surface area contributed by atoms with E-state index in [-0.39, 0.29) is 12.0 Å². The summed E-state index contributed by atoms with van der Waals surface area (Å²) in [5.41, 5.74) is -2.01. The molecule has 1 aromatic heterocycles. The van der Waals surface area contributed by atoms with Crippen molar-refractivity contribution in [1.82, 2.24) is 9.13 Å². The van der Waals surface area contributed by atoms with Gasteiger partial charge < -0.3 is 0 Å². The summed E-state index contributed by atoms with van der Waals surface area (Å²) in [6, 6.07) is 0. The molecule has 7 nitrogen and oxygen atoms in total. The molecule has 1 aliphatic rings. The number of rotatable bonds is 4. The molecule has 2 rings (SSSR count). The third-order valence-electron chi connectivity index (χ3n) is 3.24. The van der Waals surface area contributed by atoms with Crippen LogP contribution < -0.4 is 11.2 Å². The number of alkyl halides is 1. The van der Waals surface area contributed by atoms with Crippen LogP contribution in [-0.2, 0) is 13.6 Å². The fourth-order valence-electron chi connectivity index (χ4n) is 1.82. The van der Waals surface area contributed by atoms with E-state index in [0.717, 1.165) is 28.2 Å². The smallest absolute Gasteiger partial charge is 0.297 e. The highest BCUT2D eigenvalue weighted by Crippen LogP contribution is 2.48. The van der Waals surface area contributed by atoms with Gasteiger partial charge in [0, 0.05) is 18.9 Å². The zero-order chi connectivity index (χ0) is 13.5. The molecule has 98 valence electrons. The SMILES string of the molecule is Cn1cc([N+](=O)[O-])c(=O)n(CC2(CBr)CC2)c1=O. The standard InChI is InChI=1S/C10H12BrN3O4/c1-12-4-7(14(17)18)8(15)13(9(12)16)6-10(5-11)2-3-10/h4H,2-3,5-6H2,1H3. The van der Waals surface area contributed by atoms with Crippen molar-refractivity contribution in [3.63, 3.8) is 0 Å². The van der Waals surface area contributed by atoms with Gasteiger partial charge >= 0.3 is 16.9 Å². The number of hydrogen-bond acceptors (Lipinski definition) is 4. The lowest BCUT2D eigenvalue weighted by Crippen LogP contribution is -2.41. The van der Waals surface area contributed by atoms with E-state index in [1.165, 1.54) is 7.05 Å². The highest BCUT2D eigenvalue weighted by molar-refractivity contribution is 9.09. The quantitative estimate of drug-likeness (QED) is 0.463. The second kappa shape index (κ2) is 4.34. The van der Waals surface area contributed by atoms with Crippen LogP contribution in [0, 0.1) is 15.5 Å². The predicted molar refractivity (Wildman–Crippen MR) is 68.1 cm³/mol. The Bertz CT molecular complexity index is 615. The van der Waals surface area contributed by atoms with Crippen LogP contribution in [0.3, 0.4) is 0 Å².